The molecule has 1 aliphatic heterocycles. The van der Waals surface area contributed by atoms with E-state index in [-0.39, 0.29) is 5.54 Å². The SMILES string of the molecule is CC(C)C(C)(CN)N1CCCC1(C)C. The van der Waals surface area contributed by atoms with Crippen molar-refractivity contribution in [3.8, 4) is 0 Å². The molecule has 2 heteroatoms. The zero-order valence-corrected chi connectivity index (χ0v) is 10.4. The molecule has 1 fully saturated rings. The molecule has 1 heterocycles. The molecule has 2 nitrogen and oxygen atoms in total. The number of hydrogen-bond donors (Lipinski definition) is 1. The predicted octanol–water partition coefficient (Wildman–Crippen LogP) is 2.23. The van der Waals surface area contributed by atoms with Gasteiger partial charge in [0, 0.05) is 17.6 Å². The van der Waals surface area contributed by atoms with Crippen LogP contribution in [0.1, 0.15) is 47.5 Å². The highest BCUT2D eigenvalue weighted by Gasteiger charge is 2.44. The van der Waals surface area contributed by atoms with Crippen LogP contribution in [0.3, 0.4) is 0 Å². The molecule has 1 rings (SSSR count). The van der Waals surface area contributed by atoms with E-state index in [0.717, 1.165) is 6.54 Å². The zero-order chi connectivity index (χ0) is 11.0. The summed E-state index contributed by atoms with van der Waals surface area (Å²) in [7, 11) is 0. The van der Waals surface area contributed by atoms with Gasteiger partial charge in [0.05, 0.1) is 0 Å². The maximum Gasteiger partial charge on any atom is 0.0331 e. The van der Waals surface area contributed by atoms with E-state index in [1.165, 1.54) is 19.4 Å². The van der Waals surface area contributed by atoms with Gasteiger partial charge in [-0.25, -0.2) is 0 Å². The fourth-order valence-corrected chi connectivity index (χ4v) is 2.71. The van der Waals surface area contributed by atoms with Crippen LogP contribution in [-0.4, -0.2) is 29.1 Å². The summed E-state index contributed by atoms with van der Waals surface area (Å²) in [6, 6.07) is 0. The first-order chi connectivity index (χ1) is 6.34. The molecular formula is C12H26N2. The smallest absolute Gasteiger partial charge is 0.0331 e. The molecule has 0 spiro atoms. The maximum absolute atomic E-state index is 5.97. The van der Waals surface area contributed by atoms with E-state index in [4.69, 9.17) is 5.73 Å². The molecule has 1 atom stereocenters. The lowest BCUT2D eigenvalue weighted by molar-refractivity contribution is 0.0151. The fraction of sp³-hybridized carbons (Fsp3) is 1.00. The third-order valence-corrected chi connectivity index (χ3v) is 4.17. The van der Waals surface area contributed by atoms with E-state index < -0.39 is 0 Å². The van der Waals surface area contributed by atoms with Gasteiger partial charge in [0.25, 0.3) is 0 Å². The van der Waals surface area contributed by atoms with Crippen LogP contribution in [0.2, 0.25) is 0 Å². The summed E-state index contributed by atoms with van der Waals surface area (Å²) < 4.78 is 0. The normalized spacial score (nSPS) is 26.8. The second kappa shape index (κ2) is 3.82. The second-order valence-corrected chi connectivity index (χ2v) is 5.78. The molecule has 2 N–H and O–H groups in total. The number of likely N-dealkylation sites (tertiary alicyclic amines) is 1. The van der Waals surface area contributed by atoms with E-state index in [1.54, 1.807) is 0 Å². The van der Waals surface area contributed by atoms with Crippen molar-refractivity contribution in [2.24, 2.45) is 11.7 Å². The van der Waals surface area contributed by atoms with E-state index in [0.29, 0.717) is 11.5 Å². The summed E-state index contributed by atoms with van der Waals surface area (Å²) in [4.78, 5) is 2.62. The Hall–Kier alpha value is -0.0800. The molecule has 0 radical (unpaired) electrons. The van der Waals surface area contributed by atoms with Crippen molar-refractivity contribution in [1.29, 1.82) is 0 Å². The van der Waals surface area contributed by atoms with E-state index in [9.17, 15) is 0 Å². The molecule has 1 aliphatic rings. The van der Waals surface area contributed by atoms with Crippen LogP contribution in [0.25, 0.3) is 0 Å². The quantitative estimate of drug-likeness (QED) is 0.753. The fourth-order valence-electron chi connectivity index (χ4n) is 2.71. The van der Waals surface area contributed by atoms with Crippen molar-refractivity contribution in [2.45, 2.75) is 58.5 Å². The van der Waals surface area contributed by atoms with Gasteiger partial charge in [0.15, 0.2) is 0 Å². The van der Waals surface area contributed by atoms with Crippen molar-refractivity contribution >= 4 is 0 Å². The molecular weight excluding hydrogens is 172 g/mol. The van der Waals surface area contributed by atoms with E-state index in [1.807, 2.05) is 0 Å². The van der Waals surface area contributed by atoms with Crippen molar-refractivity contribution < 1.29 is 0 Å². The Labute approximate surface area is 88.8 Å². The first-order valence-electron chi connectivity index (χ1n) is 5.82. The minimum Gasteiger partial charge on any atom is -0.329 e. The summed E-state index contributed by atoms with van der Waals surface area (Å²) in [6.07, 6.45) is 2.62. The summed E-state index contributed by atoms with van der Waals surface area (Å²) in [5, 5.41) is 0. The lowest BCUT2D eigenvalue weighted by atomic mass is 9.83. The van der Waals surface area contributed by atoms with Gasteiger partial charge >= 0.3 is 0 Å². The van der Waals surface area contributed by atoms with Crippen LogP contribution in [-0.2, 0) is 0 Å². The molecule has 0 aromatic rings. The summed E-state index contributed by atoms with van der Waals surface area (Å²) in [6.45, 7) is 13.5. The van der Waals surface area contributed by atoms with E-state index >= 15 is 0 Å². The topological polar surface area (TPSA) is 29.3 Å². The van der Waals surface area contributed by atoms with Gasteiger partial charge in [-0.3, -0.25) is 4.90 Å². The molecule has 1 saturated heterocycles. The highest BCUT2D eigenvalue weighted by molar-refractivity contribution is 5.00. The Bertz CT molecular complexity index is 198. The average molecular weight is 198 g/mol. The zero-order valence-electron chi connectivity index (χ0n) is 10.4. The third-order valence-electron chi connectivity index (χ3n) is 4.17. The maximum atomic E-state index is 5.97. The van der Waals surface area contributed by atoms with Gasteiger partial charge in [-0.05, 0) is 46.1 Å². The van der Waals surface area contributed by atoms with Crippen LogP contribution in [0.4, 0.5) is 0 Å². The predicted molar refractivity (Wildman–Crippen MR) is 62.3 cm³/mol. The molecule has 0 aromatic carbocycles. The van der Waals surface area contributed by atoms with E-state index in [2.05, 4.69) is 39.5 Å². The Morgan fingerprint density at radius 3 is 2.29 bits per heavy atom. The first-order valence-corrected chi connectivity index (χ1v) is 5.82. The van der Waals surface area contributed by atoms with Gasteiger partial charge in [-0.2, -0.15) is 0 Å². The molecule has 14 heavy (non-hydrogen) atoms. The van der Waals surface area contributed by atoms with Crippen LogP contribution in [0.15, 0.2) is 0 Å². The number of nitrogens with two attached hydrogens (primary N) is 1. The Morgan fingerprint density at radius 2 is 2.00 bits per heavy atom. The molecule has 0 bridgehead atoms. The minimum absolute atomic E-state index is 0.167. The lowest BCUT2D eigenvalue weighted by Crippen LogP contribution is -2.60. The first kappa shape index (κ1) is 12.0. The molecule has 0 amide bonds. The van der Waals surface area contributed by atoms with Crippen LogP contribution < -0.4 is 5.73 Å². The number of hydrogen-bond acceptors (Lipinski definition) is 2. The summed E-state index contributed by atoms with van der Waals surface area (Å²) in [5.74, 6) is 0.616. The van der Waals surface area contributed by atoms with Gasteiger partial charge in [0.2, 0.25) is 0 Å². The van der Waals surface area contributed by atoms with Crippen molar-refractivity contribution in [3.05, 3.63) is 0 Å². The average Bonchev–Trinajstić information content (AvgIpc) is 2.44. The molecule has 84 valence electrons. The molecule has 1 unspecified atom stereocenters. The third kappa shape index (κ3) is 1.82. The summed E-state index contributed by atoms with van der Waals surface area (Å²) in [5.41, 5.74) is 6.47. The summed E-state index contributed by atoms with van der Waals surface area (Å²) >= 11 is 0. The highest BCUT2D eigenvalue weighted by atomic mass is 15.3. The second-order valence-electron chi connectivity index (χ2n) is 5.78. The Kier molecular flexibility index (Phi) is 3.27. The molecule has 0 aromatic heterocycles. The van der Waals surface area contributed by atoms with Crippen molar-refractivity contribution in [3.63, 3.8) is 0 Å². The van der Waals surface area contributed by atoms with Crippen molar-refractivity contribution in [1.82, 2.24) is 4.90 Å². The van der Waals surface area contributed by atoms with Crippen LogP contribution in [0.5, 0.6) is 0 Å². The Morgan fingerprint density at radius 1 is 1.43 bits per heavy atom. The van der Waals surface area contributed by atoms with Gasteiger partial charge in [0.1, 0.15) is 0 Å². The number of nitrogens with zero attached hydrogens (tertiary/aromatic N) is 1. The Balaban J connectivity index is 2.89. The van der Waals surface area contributed by atoms with Crippen molar-refractivity contribution in [2.75, 3.05) is 13.1 Å². The van der Waals surface area contributed by atoms with Gasteiger partial charge in [-0.15, -0.1) is 0 Å². The van der Waals surface area contributed by atoms with Crippen LogP contribution >= 0.6 is 0 Å². The highest BCUT2D eigenvalue weighted by Crippen LogP contribution is 2.37. The standard InChI is InChI=1S/C12H26N2/c1-10(2)12(5,9-13)14-8-6-7-11(14,3)4/h10H,6-9,13H2,1-5H3. The van der Waals surface area contributed by atoms with Gasteiger partial charge < -0.3 is 5.73 Å². The van der Waals surface area contributed by atoms with Crippen LogP contribution in [0, 0.1) is 5.92 Å². The molecule has 0 aliphatic carbocycles. The largest absolute Gasteiger partial charge is 0.329 e. The minimum atomic E-state index is 0.167. The lowest BCUT2D eigenvalue weighted by Gasteiger charge is -2.48. The number of rotatable bonds is 3. The van der Waals surface area contributed by atoms with Gasteiger partial charge in [-0.1, -0.05) is 13.8 Å². The monoisotopic (exact) mass is 198 g/mol. The molecule has 0 saturated carbocycles.